The number of nitrogens with one attached hydrogen (secondary N) is 2. The SMILES string of the molecule is CCCn1c(NC)nc2nc(C34CC(C)CC(CC(C)C3)C4)[nH]c2c1=O. The molecule has 2 aliphatic carbocycles. The molecular formula is C20H31N5O. The van der Waals surface area contributed by atoms with Gasteiger partial charge < -0.3 is 10.3 Å². The lowest BCUT2D eigenvalue weighted by Gasteiger charge is -2.48. The number of hydrogen-bond donors (Lipinski definition) is 2. The van der Waals surface area contributed by atoms with Gasteiger partial charge in [-0.2, -0.15) is 4.98 Å². The maximum absolute atomic E-state index is 13.0. The van der Waals surface area contributed by atoms with Crippen LogP contribution in [0.15, 0.2) is 4.79 Å². The third kappa shape index (κ3) is 2.74. The summed E-state index contributed by atoms with van der Waals surface area (Å²) in [5, 5.41) is 3.06. The van der Waals surface area contributed by atoms with Crippen molar-refractivity contribution in [3.8, 4) is 0 Å². The molecule has 0 saturated heterocycles. The van der Waals surface area contributed by atoms with Crippen LogP contribution >= 0.6 is 0 Å². The highest BCUT2D eigenvalue weighted by molar-refractivity contribution is 5.71. The molecule has 2 saturated carbocycles. The number of aromatic amines is 1. The first-order valence-electron chi connectivity index (χ1n) is 10.1. The van der Waals surface area contributed by atoms with Crippen molar-refractivity contribution >= 4 is 17.1 Å². The van der Waals surface area contributed by atoms with E-state index in [9.17, 15) is 4.79 Å². The third-order valence-corrected chi connectivity index (χ3v) is 6.41. The summed E-state index contributed by atoms with van der Waals surface area (Å²) in [5.74, 6) is 3.82. The Labute approximate surface area is 154 Å². The van der Waals surface area contributed by atoms with E-state index >= 15 is 0 Å². The molecule has 0 amide bonds. The molecule has 2 unspecified atom stereocenters. The minimum atomic E-state index is -0.0133. The van der Waals surface area contributed by atoms with Gasteiger partial charge in [0.05, 0.1) is 0 Å². The van der Waals surface area contributed by atoms with Crippen LogP contribution in [0.4, 0.5) is 5.95 Å². The molecule has 2 atom stereocenters. The zero-order chi connectivity index (χ0) is 18.5. The molecule has 6 nitrogen and oxygen atoms in total. The van der Waals surface area contributed by atoms with E-state index in [1.165, 1.54) is 19.3 Å². The minimum absolute atomic E-state index is 0.0133. The maximum Gasteiger partial charge on any atom is 0.280 e. The average Bonchev–Trinajstić information content (AvgIpc) is 3.01. The smallest absolute Gasteiger partial charge is 0.280 e. The minimum Gasteiger partial charge on any atom is -0.359 e. The lowest BCUT2D eigenvalue weighted by Crippen LogP contribution is -2.43. The zero-order valence-corrected chi connectivity index (χ0v) is 16.4. The second-order valence-corrected chi connectivity index (χ2v) is 8.87. The first-order chi connectivity index (χ1) is 12.5. The van der Waals surface area contributed by atoms with E-state index in [0.29, 0.717) is 35.5 Å². The van der Waals surface area contributed by atoms with E-state index in [1.54, 1.807) is 4.57 Å². The first-order valence-corrected chi connectivity index (χ1v) is 10.1. The third-order valence-electron chi connectivity index (χ3n) is 6.41. The van der Waals surface area contributed by atoms with Crippen LogP contribution in [0, 0.1) is 17.8 Å². The van der Waals surface area contributed by atoms with Crippen LogP contribution in [0.2, 0.25) is 0 Å². The van der Waals surface area contributed by atoms with Gasteiger partial charge in [0.1, 0.15) is 5.82 Å². The van der Waals surface area contributed by atoms with Crippen LogP contribution in [0.5, 0.6) is 0 Å². The second-order valence-electron chi connectivity index (χ2n) is 8.87. The van der Waals surface area contributed by atoms with Crippen LogP contribution in [0.25, 0.3) is 11.2 Å². The van der Waals surface area contributed by atoms with Gasteiger partial charge in [-0.15, -0.1) is 0 Å². The number of aromatic nitrogens is 4. The molecule has 2 aromatic heterocycles. The molecule has 2 heterocycles. The number of imidazole rings is 1. The van der Waals surface area contributed by atoms with E-state index in [1.807, 2.05) is 7.05 Å². The fraction of sp³-hybridized carbons (Fsp3) is 0.750. The molecule has 0 radical (unpaired) electrons. The molecule has 0 aromatic carbocycles. The van der Waals surface area contributed by atoms with E-state index in [4.69, 9.17) is 4.98 Å². The van der Waals surface area contributed by atoms with Crippen molar-refractivity contribution in [2.24, 2.45) is 17.8 Å². The Balaban J connectivity index is 1.84. The molecule has 6 heteroatoms. The van der Waals surface area contributed by atoms with Crippen molar-refractivity contribution in [1.82, 2.24) is 19.5 Å². The summed E-state index contributed by atoms with van der Waals surface area (Å²) in [6.45, 7) is 7.46. The van der Waals surface area contributed by atoms with Gasteiger partial charge in [-0.25, -0.2) is 4.98 Å². The van der Waals surface area contributed by atoms with Crippen molar-refractivity contribution in [1.29, 1.82) is 0 Å². The van der Waals surface area contributed by atoms with E-state index < -0.39 is 0 Å². The molecule has 0 aliphatic heterocycles. The van der Waals surface area contributed by atoms with Crippen LogP contribution < -0.4 is 10.9 Å². The molecule has 4 rings (SSSR count). The Bertz CT molecular complexity index is 847. The van der Waals surface area contributed by atoms with Gasteiger partial charge in [-0.1, -0.05) is 20.8 Å². The van der Waals surface area contributed by atoms with E-state index in [2.05, 4.69) is 36.1 Å². The largest absolute Gasteiger partial charge is 0.359 e. The quantitative estimate of drug-likeness (QED) is 0.875. The van der Waals surface area contributed by atoms with Gasteiger partial charge >= 0.3 is 0 Å². The summed E-state index contributed by atoms with van der Waals surface area (Å²) < 4.78 is 1.72. The molecule has 26 heavy (non-hydrogen) atoms. The van der Waals surface area contributed by atoms with Gasteiger partial charge in [0.2, 0.25) is 5.95 Å². The van der Waals surface area contributed by atoms with Crippen molar-refractivity contribution in [3.63, 3.8) is 0 Å². The van der Waals surface area contributed by atoms with Crippen molar-refractivity contribution in [3.05, 3.63) is 16.2 Å². The van der Waals surface area contributed by atoms with Crippen LogP contribution in [-0.2, 0) is 12.0 Å². The summed E-state index contributed by atoms with van der Waals surface area (Å²) in [5.41, 5.74) is 1.20. The predicted molar refractivity (Wildman–Crippen MR) is 105 cm³/mol. The monoisotopic (exact) mass is 357 g/mol. The lowest BCUT2D eigenvalue weighted by atomic mass is 9.56. The number of anilines is 1. The second kappa shape index (κ2) is 6.39. The number of fused-ring (bicyclic) bond motifs is 3. The summed E-state index contributed by atoms with van der Waals surface area (Å²) in [4.78, 5) is 25.9. The molecule has 0 spiro atoms. The lowest BCUT2D eigenvalue weighted by molar-refractivity contribution is 0.0728. The van der Waals surface area contributed by atoms with Gasteiger partial charge in [-0.3, -0.25) is 9.36 Å². The molecule has 142 valence electrons. The Kier molecular flexibility index (Phi) is 4.32. The maximum atomic E-state index is 13.0. The standard InChI is InChI=1S/C20H31N5O/c1-5-6-25-17(26)15-16(24-19(25)21-4)23-18(22-15)20-9-12(2)7-14(11-20)8-13(3)10-20/h12-14H,5-11H2,1-4H3,(H,21,24)(H,22,23). The molecule has 2 bridgehead atoms. The Morgan fingerprint density at radius 2 is 1.88 bits per heavy atom. The highest BCUT2D eigenvalue weighted by Gasteiger charge is 2.47. The van der Waals surface area contributed by atoms with Crippen molar-refractivity contribution < 1.29 is 0 Å². The molecule has 2 aromatic rings. The van der Waals surface area contributed by atoms with Crippen LogP contribution in [0.3, 0.4) is 0 Å². The fourth-order valence-corrected chi connectivity index (χ4v) is 5.85. The zero-order valence-electron chi connectivity index (χ0n) is 16.4. The average molecular weight is 358 g/mol. The van der Waals surface area contributed by atoms with E-state index in [-0.39, 0.29) is 11.0 Å². The van der Waals surface area contributed by atoms with Crippen molar-refractivity contribution in [2.75, 3.05) is 12.4 Å². The number of rotatable bonds is 4. The number of H-pyrrole nitrogens is 1. The van der Waals surface area contributed by atoms with Gasteiger partial charge in [0.25, 0.3) is 5.56 Å². The fourth-order valence-electron chi connectivity index (χ4n) is 5.85. The van der Waals surface area contributed by atoms with E-state index in [0.717, 1.165) is 31.0 Å². The topological polar surface area (TPSA) is 75.6 Å². The Morgan fingerprint density at radius 1 is 1.19 bits per heavy atom. The van der Waals surface area contributed by atoms with Gasteiger partial charge in [0.15, 0.2) is 11.2 Å². The Hall–Kier alpha value is -1.85. The van der Waals surface area contributed by atoms with Crippen LogP contribution in [0.1, 0.15) is 65.1 Å². The normalized spacial score (nSPS) is 31.3. The number of nitrogens with zero attached hydrogens (tertiary/aromatic N) is 3. The van der Waals surface area contributed by atoms with Gasteiger partial charge in [-0.05, 0) is 56.3 Å². The summed E-state index contributed by atoms with van der Waals surface area (Å²) in [6.07, 6.45) is 7.08. The summed E-state index contributed by atoms with van der Waals surface area (Å²) >= 11 is 0. The van der Waals surface area contributed by atoms with Crippen molar-refractivity contribution in [2.45, 2.75) is 71.3 Å². The first kappa shape index (κ1) is 17.6. The molecule has 2 N–H and O–H groups in total. The summed E-state index contributed by atoms with van der Waals surface area (Å²) in [7, 11) is 1.81. The summed E-state index contributed by atoms with van der Waals surface area (Å²) in [6, 6.07) is 0. The highest BCUT2D eigenvalue weighted by Crippen LogP contribution is 2.53. The number of hydrogen-bond acceptors (Lipinski definition) is 4. The molecule has 2 aliphatic rings. The van der Waals surface area contributed by atoms with Gasteiger partial charge in [0, 0.05) is 19.0 Å². The van der Waals surface area contributed by atoms with Crippen LogP contribution in [-0.4, -0.2) is 26.6 Å². The highest BCUT2D eigenvalue weighted by atomic mass is 16.1. The molecule has 2 fully saturated rings. The molecular weight excluding hydrogens is 326 g/mol. The Morgan fingerprint density at radius 3 is 2.50 bits per heavy atom. The predicted octanol–water partition coefficient (Wildman–Crippen LogP) is 3.68.